The molecule has 152 valence electrons. The van der Waals surface area contributed by atoms with Crippen LogP contribution in [0.1, 0.15) is 22.6 Å². The Labute approximate surface area is 171 Å². The third kappa shape index (κ3) is 4.71. The fraction of sp³-hybridized carbons (Fsp3) is 0.304. The smallest absolute Gasteiger partial charge is 0.269 e. The van der Waals surface area contributed by atoms with Gasteiger partial charge in [-0.05, 0) is 50.4 Å². The molecule has 2 aromatic rings. The van der Waals surface area contributed by atoms with Crippen LogP contribution in [0.2, 0.25) is 0 Å². The maximum atomic E-state index is 13.3. The molecule has 29 heavy (non-hydrogen) atoms. The molecule has 1 unspecified atom stereocenters. The summed E-state index contributed by atoms with van der Waals surface area (Å²) >= 11 is 0. The topological polar surface area (TPSA) is 73.4 Å². The van der Waals surface area contributed by atoms with Crippen LogP contribution in [-0.4, -0.2) is 54.6 Å². The molecule has 1 fully saturated rings. The monoisotopic (exact) mass is 394 g/mol. The van der Waals surface area contributed by atoms with Crippen molar-refractivity contribution in [3.8, 4) is 0 Å². The quantitative estimate of drug-likeness (QED) is 0.605. The summed E-state index contributed by atoms with van der Waals surface area (Å²) in [7, 11) is 3.95. The first-order valence-electron chi connectivity index (χ1n) is 9.60. The van der Waals surface area contributed by atoms with Crippen LogP contribution in [0.3, 0.4) is 0 Å². The fourth-order valence-corrected chi connectivity index (χ4v) is 3.73. The van der Waals surface area contributed by atoms with Crippen LogP contribution in [0, 0.1) is 18.2 Å². The number of allylic oxidation sites excluding steroid dienone is 1. The van der Waals surface area contributed by atoms with E-state index in [4.69, 9.17) is 11.1 Å². The van der Waals surface area contributed by atoms with Gasteiger partial charge in [0.25, 0.3) is 5.91 Å². The van der Waals surface area contributed by atoms with Crippen LogP contribution < -0.4 is 5.73 Å². The number of rotatable bonds is 5. The molecular weight excluding hydrogens is 367 g/mol. The second-order valence-corrected chi connectivity index (χ2v) is 7.78. The standard InChI is InChI=1S/C23H27FN4O/c1-15-4-6-17(7-5-15)20(25)12-21(26)23(29)28-13-19(22(14-28)27(2)3)16-8-10-18(24)11-9-16/h4-12,19,22,25H,13-14,26H2,1-3H3/t19-,22?/m0/s1. The predicted molar refractivity (Wildman–Crippen MR) is 113 cm³/mol. The van der Waals surface area contributed by atoms with Crippen LogP contribution in [0.15, 0.2) is 60.3 Å². The molecule has 3 rings (SSSR count). The maximum Gasteiger partial charge on any atom is 0.269 e. The van der Waals surface area contributed by atoms with Crippen LogP contribution >= 0.6 is 0 Å². The predicted octanol–water partition coefficient (Wildman–Crippen LogP) is 2.90. The normalized spacial score (nSPS) is 19.6. The molecule has 5 nitrogen and oxygen atoms in total. The van der Waals surface area contributed by atoms with E-state index in [1.165, 1.54) is 18.2 Å². The summed E-state index contributed by atoms with van der Waals surface area (Å²) < 4.78 is 13.3. The van der Waals surface area contributed by atoms with Crippen molar-refractivity contribution in [2.75, 3.05) is 27.2 Å². The number of hydrogen-bond acceptors (Lipinski definition) is 4. The van der Waals surface area contributed by atoms with Gasteiger partial charge in [0.1, 0.15) is 5.82 Å². The summed E-state index contributed by atoms with van der Waals surface area (Å²) in [5.41, 5.74) is 9.12. The van der Waals surface area contributed by atoms with Gasteiger partial charge in [-0.1, -0.05) is 42.0 Å². The number of carbonyl (C=O) groups excluding carboxylic acids is 1. The van der Waals surface area contributed by atoms with Crippen molar-refractivity contribution in [2.45, 2.75) is 18.9 Å². The number of halogens is 1. The van der Waals surface area contributed by atoms with Gasteiger partial charge < -0.3 is 20.9 Å². The zero-order valence-corrected chi connectivity index (χ0v) is 17.0. The van der Waals surface area contributed by atoms with Gasteiger partial charge in [-0.2, -0.15) is 0 Å². The van der Waals surface area contributed by atoms with E-state index in [-0.39, 0.29) is 35.1 Å². The maximum absolute atomic E-state index is 13.3. The number of nitrogens with zero attached hydrogens (tertiary/aromatic N) is 2. The molecule has 6 heteroatoms. The molecule has 0 aliphatic carbocycles. The Morgan fingerprint density at radius 3 is 2.34 bits per heavy atom. The molecule has 0 bridgehead atoms. The molecule has 3 N–H and O–H groups in total. The van der Waals surface area contributed by atoms with Gasteiger partial charge in [-0.15, -0.1) is 0 Å². The molecular formula is C23H27FN4O. The minimum absolute atomic E-state index is 0.0489. The first-order chi connectivity index (χ1) is 13.8. The fourth-order valence-electron chi connectivity index (χ4n) is 3.73. The Morgan fingerprint density at radius 2 is 1.76 bits per heavy atom. The number of benzene rings is 2. The van der Waals surface area contributed by atoms with Crippen molar-refractivity contribution in [1.29, 1.82) is 5.41 Å². The first-order valence-corrected chi connectivity index (χ1v) is 9.60. The summed E-state index contributed by atoms with van der Waals surface area (Å²) in [5.74, 6) is -0.486. The zero-order valence-electron chi connectivity index (χ0n) is 17.0. The van der Waals surface area contributed by atoms with Crippen LogP contribution in [-0.2, 0) is 4.79 Å². The molecule has 1 aliphatic rings. The van der Waals surface area contributed by atoms with Crippen molar-refractivity contribution in [1.82, 2.24) is 9.80 Å². The summed E-state index contributed by atoms with van der Waals surface area (Å²) in [6.07, 6.45) is 1.42. The first kappa shape index (κ1) is 20.7. The molecule has 0 radical (unpaired) electrons. The van der Waals surface area contributed by atoms with E-state index in [0.29, 0.717) is 18.7 Å². The number of nitrogens with one attached hydrogen (secondary N) is 1. The van der Waals surface area contributed by atoms with Gasteiger partial charge in [0.2, 0.25) is 0 Å². The molecule has 1 saturated heterocycles. The van der Waals surface area contributed by atoms with E-state index in [0.717, 1.165) is 11.1 Å². The van der Waals surface area contributed by atoms with Gasteiger partial charge in [0.05, 0.1) is 11.4 Å². The molecule has 1 aliphatic heterocycles. The SMILES string of the molecule is Cc1ccc(C(=N)C=C(N)C(=O)N2CC(N(C)C)[C@H](c3ccc(F)cc3)C2)cc1. The lowest BCUT2D eigenvalue weighted by atomic mass is 9.94. The number of nitrogens with two attached hydrogens (primary N) is 1. The van der Waals surface area contributed by atoms with E-state index in [9.17, 15) is 9.18 Å². The number of carbonyl (C=O) groups is 1. The van der Waals surface area contributed by atoms with E-state index in [1.54, 1.807) is 17.0 Å². The largest absolute Gasteiger partial charge is 0.394 e. The lowest BCUT2D eigenvalue weighted by Gasteiger charge is -2.25. The number of aryl methyl sites for hydroxylation is 1. The van der Waals surface area contributed by atoms with Crippen molar-refractivity contribution < 1.29 is 9.18 Å². The number of likely N-dealkylation sites (N-methyl/N-ethyl adjacent to an activating group) is 1. The zero-order chi connectivity index (χ0) is 21.1. The molecule has 0 aromatic heterocycles. The Balaban J connectivity index is 1.76. The highest BCUT2D eigenvalue weighted by molar-refractivity contribution is 6.10. The second-order valence-electron chi connectivity index (χ2n) is 7.78. The minimum atomic E-state index is -0.279. The summed E-state index contributed by atoms with van der Waals surface area (Å²) in [6.45, 7) is 3.01. The lowest BCUT2D eigenvalue weighted by molar-refractivity contribution is -0.126. The van der Waals surface area contributed by atoms with E-state index in [2.05, 4.69) is 4.90 Å². The Kier molecular flexibility index (Phi) is 6.13. The van der Waals surface area contributed by atoms with Crippen molar-refractivity contribution in [3.63, 3.8) is 0 Å². The molecule has 2 aromatic carbocycles. The van der Waals surface area contributed by atoms with E-state index < -0.39 is 0 Å². The Hall–Kier alpha value is -2.99. The van der Waals surface area contributed by atoms with Gasteiger partial charge >= 0.3 is 0 Å². The van der Waals surface area contributed by atoms with Gasteiger partial charge in [-0.3, -0.25) is 4.79 Å². The average molecular weight is 394 g/mol. The summed E-state index contributed by atoms with van der Waals surface area (Å²) in [4.78, 5) is 16.7. The third-order valence-electron chi connectivity index (χ3n) is 5.45. The lowest BCUT2D eigenvalue weighted by Crippen LogP contribution is -2.37. The highest BCUT2D eigenvalue weighted by Crippen LogP contribution is 2.31. The van der Waals surface area contributed by atoms with Crippen LogP contribution in [0.25, 0.3) is 0 Å². The van der Waals surface area contributed by atoms with Gasteiger partial charge in [-0.25, -0.2) is 4.39 Å². The van der Waals surface area contributed by atoms with E-state index >= 15 is 0 Å². The minimum Gasteiger partial charge on any atom is -0.394 e. The van der Waals surface area contributed by atoms with Gasteiger partial charge in [0.15, 0.2) is 0 Å². The van der Waals surface area contributed by atoms with Gasteiger partial charge in [0, 0.05) is 25.0 Å². The molecule has 0 saturated carbocycles. The molecule has 0 spiro atoms. The Morgan fingerprint density at radius 1 is 1.14 bits per heavy atom. The summed E-state index contributed by atoms with van der Waals surface area (Å²) in [5, 5.41) is 8.23. The van der Waals surface area contributed by atoms with E-state index in [1.807, 2.05) is 45.3 Å². The number of hydrogen-bond donors (Lipinski definition) is 2. The third-order valence-corrected chi connectivity index (χ3v) is 5.45. The molecule has 2 atom stereocenters. The number of likely N-dealkylation sites (tertiary alicyclic amines) is 1. The molecule has 1 heterocycles. The van der Waals surface area contributed by atoms with Crippen LogP contribution in [0.5, 0.6) is 0 Å². The van der Waals surface area contributed by atoms with Crippen molar-refractivity contribution in [2.24, 2.45) is 5.73 Å². The Bertz CT molecular complexity index is 919. The highest BCUT2D eigenvalue weighted by atomic mass is 19.1. The highest BCUT2D eigenvalue weighted by Gasteiger charge is 2.37. The van der Waals surface area contributed by atoms with Crippen molar-refractivity contribution in [3.05, 3.63) is 82.8 Å². The van der Waals surface area contributed by atoms with Crippen LogP contribution in [0.4, 0.5) is 4.39 Å². The molecule has 1 amide bonds. The summed E-state index contributed by atoms with van der Waals surface area (Å²) in [6, 6.07) is 14.1. The second kappa shape index (κ2) is 8.57. The van der Waals surface area contributed by atoms with Crippen molar-refractivity contribution >= 4 is 11.6 Å². The average Bonchev–Trinajstić information content (AvgIpc) is 3.14. The number of amides is 1.